The number of alkyl carbamates (subject to hydrolysis) is 1. The predicted molar refractivity (Wildman–Crippen MR) is 100 cm³/mol. The molecule has 0 aromatic rings. The first-order valence-electron chi connectivity index (χ1n) is 8.55. The number of amides is 1. The zero-order valence-electron chi connectivity index (χ0n) is 14.9. The standard InChI is InChI=1S/C18H32N2O2S/c1-5-7-15(6-2)12-22-18(21)20-17-10-8-16(9-11-17)19-14(3)13-23-4/h5-7,14,16-17,19H,8-13H2,1-4H3,(H,20,21)/b7-5-,15-6+/t14-,16?,17?/m1/s1. The minimum atomic E-state index is -0.305. The smallest absolute Gasteiger partial charge is 0.407 e. The van der Waals surface area contributed by atoms with E-state index in [9.17, 15) is 4.79 Å². The number of carbonyl (C=O) groups excluding carboxylic acids is 1. The Hall–Kier alpha value is -0.940. The van der Waals surface area contributed by atoms with Gasteiger partial charge in [0.1, 0.15) is 6.61 Å². The van der Waals surface area contributed by atoms with Crippen LogP contribution in [0, 0.1) is 0 Å². The van der Waals surface area contributed by atoms with Crippen molar-refractivity contribution in [2.24, 2.45) is 0 Å². The summed E-state index contributed by atoms with van der Waals surface area (Å²) >= 11 is 1.87. The van der Waals surface area contributed by atoms with Gasteiger partial charge in [-0.25, -0.2) is 4.79 Å². The van der Waals surface area contributed by atoms with E-state index in [-0.39, 0.29) is 12.1 Å². The second-order valence-electron chi connectivity index (χ2n) is 6.16. The number of allylic oxidation sites excluding steroid dienone is 2. The van der Waals surface area contributed by atoms with E-state index in [2.05, 4.69) is 23.8 Å². The molecular formula is C18H32N2O2S. The maximum absolute atomic E-state index is 11.9. The fourth-order valence-electron chi connectivity index (χ4n) is 2.90. The minimum Gasteiger partial charge on any atom is -0.445 e. The minimum absolute atomic E-state index is 0.243. The molecule has 1 aliphatic carbocycles. The van der Waals surface area contributed by atoms with E-state index in [4.69, 9.17) is 4.74 Å². The second-order valence-corrected chi connectivity index (χ2v) is 7.07. The van der Waals surface area contributed by atoms with Crippen molar-refractivity contribution < 1.29 is 9.53 Å². The van der Waals surface area contributed by atoms with Gasteiger partial charge in [0.2, 0.25) is 0 Å². The van der Waals surface area contributed by atoms with Crippen LogP contribution in [0.1, 0.15) is 46.5 Å². The topological polar surface area (TPSA) is 50.4 Å². The Morgan fingerprint density at radius 1 is 1.26 bits per heavy atom. The Morgan fingerprint density at radius 2 is 1.91 bits per heavy atom. The van der Waals surface area contributed by atoms with Crippen LogP contribution in [0.5, 0.6) is 0 Å². The number of ether oxygens (including phenoxy) is 1. The predicted octanol–water partition coefficient (Wildman–Crippen LogP) is 3.89. The molecular weight excluding hydrogens is 308 g/mol. The van der Waals surface area contributed by atoms with Gasteiger partial charge in [0.25, 0.3) is 0 Å². The lowest BCUT2D eigenvalue weighted by Gasteiger charge is -2.31. The first-order chi connectivity index (χ1) is 11.1. The SMILES string of the molecule is C/C=C\C(=C/C)COC(=O)NC1CCC(N[C@H](C)CSC)CC1. The van der Waals surface area contributed by atoms with Gasteiger partial charge in [-0.05, 0) is 58.3 Å². The van der Waals surface area contributed by atoms with Gasteiger partial charge in [-0.3, -0.25) is 0 Å². The van der Waals surface area contributed by atoms with E-state index in [1.165, 1.54) is 0 Å². The first-order valence-corrected chi connectivity index (χ1v) is 9.94. The van der Waals surface area contributed by atoms with Crippen molar-refractivity contribution in [3.8, 4) is 0 Å². The molecule has 0 saturated heterocycles. The number of nitrogens with one attached hydrogen (secondary N) is 2. The number of thioether (sulfide) groups is 1. The average molecular weight is 341 g/mol. The van der Waals surface area contributed by atoms with E-state index in [0.29, 0.717) is 18.7 Å². The average Bonchev–Trinajstić information content (AvgIpc) is 2.53. The second kappa shape index (κ2) is 11.6. The van der Waals surface area contributed by atoms with Crippen LogP contribution >= 0.6 is 11.8 Å². The van der Waals surface area contributed by atoms with E-state index in [1.54, 1.807) is 0 Å². The highest BCUT2D eigenvalue weighted by molar-refractivity contribution is 7.98. The summed E-state index contributed by atoms with van der Waals surface area (Å²) in [6, 6.07) is 1.37. The highest BCUT2D eigenvalue weighted by atomic mass is 32.2. The lowest BCUT2D eigenvalue weighted by molar-refractivity contribution is 0.147. The van der Waals surface area contributed by atoms with Gasteiger partial charge in [-0.15, -0.1) is 0 Å². The quantitative estimate of drug-likeness (QED) is 0.658. The molecule has 4 nitrogen and oxygen atoms in total. The molecule has 23 heavy (non-hydrogen) atoms. The highest BCUT2D eigenvalue weighted by Crippen LogP contribution is 2.19. The van der Waals surface area contributed by atoms with Crippen molar-refractivity contribution in [3.05, 3.63) is 23.8 Å². The molecule has 0 aromatic heterocycles. The summed E-state index contributed by atoms with van der Waals surface area (Å²) in [5.74, 6) is 1.14. The van der Waals surface area contributed by atoms with Crippen molar-refractivity contribution in [2.75, 3.05) is 18.6 Å². The van der Waals surface area contributed by atoms with E-state index >= 15 is 0 Å². The van der Waals surface area contributed by atoms with Crippen LogP contribution in [0.15, 0.2) is 23.8 Å². The molecule has 2 N–H and O–H groups in total. The summed E-state index contributed by atoms with van der Waals surface area (Å²) in [6.07, 6.45) is 12.0. The lowest BCUT2D eigenvalue weighted by Crippen LogP contribution is -2.45. The van der Waals surface area contributed by atoms with Crippen molar-refractivity contribution in [1.29, 1.82) is 0 Å². The van der Waals surface area contributed by atoms with Crippen molar-refractivity contribution in [3.63, 3.8) is 0 Å². The molecule has 1 saturated carbocycles. The Bertz CT molecular complexity index is 402. The van der Waals surface area contributed by atoms with Crippen molar-refractivity contribution in [2.45, 2.75) is 64.6 Å². The summed E-state index contributed by atoms with van der Waals surface area (Å²) < 4.78 is 5.29. The Morgan fingerprint density at radius 3 is 2.48 bits per heavy atom. The third-order valence-corrected chi connectivity index (χ3v) is 4.94. The number of hydrogen-bond acceptors (Lipinski definition) is 4. The zero-order chi connectivity index (χ0) is 17.1. The van der Waals surface area contributed by atoms with E-state index < -0.39 is 0 Å². The van der Waals surface area contributed by atoms with E-state index in [1.807, 2.05) is 43.8 Å². The fraction of sp³-hybridized carbons (Fsp3) is 0.722. The molecule has 0 radical (unpaired) electrons. The normalized spacial score (nSPS) is 23.7. The molecule has 0 heterocycles. The molecule has 0 spiro atoms. The first kappa shape index (κ1) is 20.1. The summed E-state index contributed by atoms with van der Waals surface area (Å²) in [5.41, 5.74) is 1.01. The molecule has 1 aliphatic rings. The third-order valence-electron chi connectivity index (χ3n) is 4.11. The maximum Gasteiger partial charge on any atom is 0.407 e. The van der Waals surface area contributed by atoms with Crippen LogP contribution in [0.4, 0.5) is 4.79 Å². The number of rotatable bonds is 8. The highest BCUT2D eigenvalue weighted by Gasteiger charge is 2.23. The summed E-state index contributed by atoms with van der Waals surface area (Å²) in [5, 5.41) is 6.67. The third kappa shape index (κ3) is 8.47. The zero-order valence-corrected chi connectivity index (χ0v) is 15.7. The summed E-state index contributed by atoms with van der Waals surface area (Å²) in [4.78, 5) is 11.9. The van der Waals surface area contributed by atoms with Gasteiger partial charge in [0, 0.05) is 23.9 Å². The molecule has 1 rings (SSSR count). The van der Waals surface area contributed by atoms with Crippen LogP contribution in [0.25, 0.3) is 0 Å². The van der Waals surface area contributed by atoms with Crippen LogP contribution in [0.3, 0.4) is 0 Å². The van der Waals surface area contributed by atoms with Gasteiger partial charge in [0.15, 0.2) is 0 Å². The van der Waals surface area contributed by atoms with Gasteiger partial charge in [-0.1, -0.05) is 18.2 Å². The summed E-state index contributed by atoms with van der Waals surface area (Å²) in [6.45, 7) is 6.47. The molecule has 0 unspecified atom stereocenters. The Labute approximate surface area is 145 Å². The fourth-order valence-corrected chi connectivity index (χ4v) is 3.50. The molecule has 0 bridgehead atoms. The largest absolute Gasteiger partial charge is 0.445 e. The van der Waals surface area contributed by atoms with Gasteiger partial charge < -0.3 is 15.4 Å². The van der Waals surface area contributed by atoms with Crippen LogP contribution < -0.4 is 10.6 Å². The van der Waals surface area contributed by atoms with Gasteiger partial charge in [0.05, 0.1) is 0 Å². The van der Waals surface area contributed by atoms with Crippen molar-refractivity contribution >= 4 is 17.9 Å². The van der Waals surface area contributed by atoms with Crippen LogP contribution in [-0.4, -0.2) is 42.8 Å². The van der Waals surface area contributed by atoms with E-state index in [0.717, 1.165) is 37.0 Å². The Balaban J connectivity index is 2.23. The summed E-state index contributed by atoms with van der Waals surface area (Å²) in [7, 11) is 0. The van der Waals surface area contributed by atoms with Crippen LogP contribution in [-0.2, 0) is 4.74 Å². The Kier molecular flexibility index (Phi) is 10.1. The molecule has 0 aliphatic heterocycles. The number of carbonyl (C=O) groups is 1. The molecule has 1 amide bonds. The molecule has 132 valence electrons. The maximum atomic E-state index is 11.9. The van der Waals surface area contributed by atoms with Crippen molar-refractivity contribution in [1.82, 2.24) is 10.6 Å². The van der Waals surface area contributed by atoms with Crippen LogP contribution in [0.2, 0.25) is 0 Å². The van der Waals surface area contributed by atoms with Gasteiger partial charge in [-0.2, -0.15) is 11.8 Å². The van der Waals surface area contributed by atoms with Gasteiger partial charge >= 0.3 is 6.09 Å². The molecule has 1 atom stereocenters. The monoisotopic (exact) mass is 340 g/mol. The number of hydrogen-bond donors (Lipinski definition) is 2. The molecule has 5 heteroatoms. The molecule has 0 aromatic carbocycles. The lowest BCUT2D eigenvalue weighted by atomic mass is 9.91. The molecule has 1 fully saturated rings.